The van der Waals surface area contributed by atoms with Crippen LogP contribution < -0.4 is 20.9 Å². The number of hydrogen-bond acceptors (Lipinski definition) is 3. The molecule has 3 N–H and O–H groups in total. The smallest absolute Gasteiger partial charge is 0.323 e. The van der Waals surface area contributed by atoms with Crippen molar-refractivity contribution < 1.29 is 9.59 Å². The van der Waals surface area contributed by atoms with E-state index in [0.717, 1.165) is 38.0 Å². The fraction of sp³-hybridized carbons (Fsp3) is 0.364. The lowest BCUT2D eigenvalue weighted by Gasteiger charge is -2.30. The van der Waals surface area contributed by atoms with Crippen molar-refractivity contribution in [3.05, 3.63) is 53.1 Å². The van der Waals surface area contributed by atoms with Crippen molar-refractivity contribution in [2.45, 2.75) is 32.6 Å². The number of carbonyl (C=O) groups is 2. The molecule has 2 aromatic carbocycles. The third-order valence-corrected chi connectivity index (χ3v) is 5.05. The second kappa shape index (κ2) is 10.2. The third kappa shape index (κ3) is 5.87. The standard InChI is InChI=1S/C22H27ClN4O2/c1-2-11-24-21(28)19-15-18(9-10-20(19)27-12-4-3-5-13-27)26-22(29)25-17-8-6-7-16(23)14-17/h6-10,14-15H,2-5,11-13H2,1H3,(H,24,28)(H2,25,26,29). The molecule has 3 rings (SSSR count). The number of urea groups is 1. The Morgan fingerprint density at radius 3 is 2.41 bits per heavy atom. The van der Waals surface area contributed by atoms with E-state index in [0.29, 0.717) is 28.5 Å². The number of benzene rings is 2. The number of rotatable bonds is 6. The molecule has 0 aliphatic carbocycles. The van der Waals surface area contributed by atoms with Gasteiger partial charge in [-0.25, -0.2) is 4.79 Å². The van der Waals surface area contributed by atoms with Crippen LogP contribution >= 0.6 is 11.6 Å². The molecule has 0 bridgehead atoms. The van der Waals surface area contributed by atoms with Crippen molar-refractivity contribution in [3.8, 4) is 0 Å². The topological polar surface area (TPSA) is 73.5 Å². The van der Waals surface area contributed by atoms with Crippen molar-refractivity contribution >= 4 is 40.6 Å². The molecule has 0 spiro atoms. The van der Waals surface area contributed by atoms with Crippen LogP contribution in [0.3, 0.4) is 0 Å². The Morgan fingerprint density at radius 2 is 1.72 bits per heavy atom. The summed E-state index contributed by atoms with van der Waals surface area (Å²) in [5, 5.41) is 9.04. The number of halogens is 1. The van der Waals surface area contributed by atoms with E-state index >= 15 is 0 Å². The molecule has 1 heterocycles. The van der Waals surface area contributed by atoms with Crippen LogP contribution in [-0.4, -0.2) is 31.6 Å². The Kier molecular flexibility index (Phi) is 7.36. The fourth-order valence-corrected chi connectivity index (χ4v) is 3.59. The summed E-state index contributed by atoms with van der Waals surface area (Å²) < 4.78 is 0. The molecule has 1 saturated heterocycles. The first kappa shape index (κ1) is 21.0. The highest BCUT2D eigenvalue weighted by Crippen LogP contribution is 2.27. The Morgan fingerprint density at radius 1 is 1.00 bits per heavy atom. The monoisotopic (exact) mass is 414 g/mol. The molecule has 3 amide bonds. The Hall–Kier alpha value is -2.73. The van der Waals surface area contributed by atoms with E-state index in [1.807, 2.05) is 19.1 Å². The summed E-state index contributed by atoms with van der Waals surface area (Å²) in [4.78, 5) is 27.4. The minimum Gasteiger partial charge on any atom is -0.371 e. The largest absolute Gasteiger partial charge is 0.371 e. The van der Waals surface area contributed by atoms with Gasteiger partial charge in [-0.15, -0.1) is 0 Å². The van der Waals surface area contributed by atoms with Crippen LogP contribution in [0.25, 0.3) is 0 Å². The molecular weight excluding hydrogens is 388 g/mol. The van der Waals surface area contributed by atoms with Gasteiger partial charge in [0.25, 0.3) is 5.91 Å². The second-order valence-corrected chi connectivity index (χ2v) is 7.56. The van der Waals surface area contributed by atoms with E-state index in [1.165, 1.54) is 6.42 Å². The molecule has 0 radical (unpaired) electrons. The first-order valence-corrected chi connectivity index (χ1v) is 10.5. The van der Waals surface area contributed by atoms with Crippen LogP contribution in [-0.2, 0) is 0 Å². The summed E-state index contributed by atoms with van der Waals surface area (Å²) >= 11 is 5.96. The lowest BCUT2D eigenvalue weighted by molar-refractivity contribution is 0.0954. The second-order valence-electron chi connectivity index (χ2n) is 7.13. The van der Waals surface area contributed by atoms with Gasteiger partial charge in [0.2, 0.25) is 0 Å². The molecule has 29 heavy (non-hydrogen) atoms. The van der Waals surface area contributed by atoms with Crippen LogP contribution in [0.1, 0.15) is 43.0 Å². The summed E-state index contributed by atoms with van der Waals surface area (Å²) in [6.45, 7) is 4.52. The average Bonchev–Trinajstić information content (AvgIpc) is 2.72. The summed E-state index contributed by atoms with van der Waals surface area (Å²) in [6, 6.07) is 12.0. The average molecular weight is 415 g/mol. The van der Waals surface area contributed by atoms with Gasteiger partial charge >= 0.3 is 6.03 Å². The molecule has 2 aromatic rings. The Labute approximate surface area is 176 Å². The maximum absolute atomic E-state index is 12.8. The van der Waals surface area contributed by atoms with E-state index in [1.54, 1.807) is 30.3 Å². The Bertz CT molecular complexity index is 866. The number of nitrogens with one attached hydrogen (secondary N) is 3. The zero-order valence-electron chi connectivity index (χ0n) is 16.6. The van der Waals surface area contributed by atoms with E-state index in [9.17, 15) is 9.59 Å². The molecule has 7 heteroatoms. The van der Waals surface area contributed by atoms with Gasteiger partial charge < -0.3 is 20.9 Å². The van der Waals surface area contributed by atoms with Crippen LogP contribution in [0.2, 0.25) is 5.02 Å². The molecule has 6 nitrogen and oxygen atoms in total. The third-order valence-electron chi connectivity index (χ3n) is 4.81. The molecule has 154 valence electrons. The van der Waals surface area contributed by atoms with Gasteiger partial charge in [0.15, 0.2) is 0 Å². The van der Waals surface area contributed by atoms with Crippen LogP contribution in [0.4, 0.5) is 21.9 Å². The summed E-state index contributed by atoms with van der Waals surface area (Å²) in [6.07, 6.45) is 4.33. The maximum atomic E-state index is 12.8. The number of piperidine rings is 1. The summed E-state index contributed by atoms with van der Waals surface area (Å²) in [7, 11) is 0. The predicted molar refractivity (Wildman–Crippen MR) is 119 cm³/mol. The van der Waals surface area contributed by atoms with Crippen LogP contribution in [0.15, 0.2) is 42.5 Å². The molecule has 0 saturated carbocycles. The van der Waals surface area contributed by atoms with Crippen molar-refractivity contribution in [1.29, 1.82) is 0 Å². The maximum Gasteiger partial charge on any atom is 0.323 e. The Balaban J connectivity index is 1.77. The predicted octanol–water partition coefficient (Wildman–Crippen LogP) is 5.11. The molecule has 0 aromatic heterocycles. The molecule has 0 unspecified atom stereocenters. The molecule has 1 aliphatic heterocycles. The normalized spacial score (nSPS) is 13.7. The van der Waals surface area contributed by atoms with Crippen molar-refractivity contribution in [2.24, 2.45) is 0 Å². The molecule has 0 atom stereocenters. The first-order chi connectivity index (χ1) is 14.1. The minimum absolute atomic E-state index is 0.119. The van der Waals surface area contributed by atoms with Gasteiger partial charge in [0.1, 0.15) is 0 Å². The van der Waals surface area contributed by atoms with Crippen molar-refractivity contribution in [3.63, 3.8) is 0 Å². The zero-order chi connectivity index (χ0) is 20.6. The van der Waals surface area contributed by atoms with E-state index < -0.39 is 6.03 Å². The first-order valence-electron chi connectivity index (χ1n) is 10.1. The SMILES string of the molecule is CCCNC(=O)c1cc(NC(=O)Nc2cccc(Cl)c2)ccc1N1CCCCC1. The lowest BCUT2D eigenvalue weighted by atomic mass is 10.1. The van der Waals surface area contributed by atoms with Crippen molar-refractivity contribution in [2.75, 3.05) is 35.2 Å². The molecule has 1 aliphatic rings. The number of hydrogen-bond donors (Lipinski definition) is 3. The zero-order valence-corrected chi connectivity index (χ0v) is 17.4. The highest BCUT2D eigenvalue weighted by Gasteiger charge is 2.19. The van der Waals surface area contributed by atoms with Gasteiger partial charge in [0, 0.05) is 41.7 Å². The highest BCUT2D eigenvalue weighted by molar-refractivity contribution is 6.30. The van der Waals surface area contributed by atoms with Crippen molar-refractivity contribution in [1.82, 2.24) is 5.32 Å². The van der Waals surface area contributed by atoms with Gasteiger partial charge in [-0.1, -0.05) is 24.6 Å². The van der Waals surface area contributed by atoms with Crippen LogP contribution in [0, 0.1) is 0 Å². The summed E-state index contributed by atoms with van der Waals surface area (Å²) in [5.74, 6) is -0.119. The van der Waals surface area contributed by atoms with Gasteiger partial charge in [-0.05, 0) is 62.1 Å². The quantitative estimate of drug-likeness (QED) is 0.614. The minimum atomic E-state index is -0.391. The van der Waals surface area contributed by atoms with Crippen LogP contribution in [0.5, 0.6) is 0 Å². The lowest BCUT2D eigenvalue weighted by Crippen LogP contribution is -2.33. The number of amides is 3. The number of anilines is 3. The number of nitrogens with zero attached hydrogens (tertiary/aromatic N) is 1. The van der Waals surface area contributed by atoms with Gasteiger partial charge in [0.05, 0.1) is 5.56 Å². The molecular formula is C22H27ClN4O2. The van der Waals surface area contributed by atoms with Gasteiger partial charge in [-0.2, -0.15) is 0 Å². The fourth-order valence-electron chi connectivity index (χ4n) is 3.40. The van der Waals surface area contributed by atoms with E-state index in [2.05, 4.69) is 20.9 Å². The molecule has 1 fully saturated rings. The number of carbonyl (C=O) groups excluding carboxylic acids is 2. The van der Waals surface area contributed by atoms with E-state index in [4.69, 9.17) is 11.6 Å². The summed E-state index contributed by atoms with van der Waals surface area (Å²) in [5.41, 5.74) is 2.66. The van der Waals surface area contributed by atoms with E-state index in [-0.39, 0.29) is 5.91 Å². The highest BCUT2D eigenvalue weighted by atomic mass is 35.5. The van der Waals surface area contributed by atoms with Gasteiger partial charge in [-0.3, -0.25) is 4.79 Å².